The fourth-order valence-corrected chi connectivity index (χ4v) is 3.37. The zero-order valence-electron chi connectivity index (χ0n) is 13.8. The Hall–Kier alpha value is -2.59. The first kappa shape index (κ1) is 15.9. The standard InChI is InChI=1S/C20H17ClN2O2/c1-25-17-9-6-15(7-10-17)23-20(13-2-4-14(21)5-3-13)18-12-16(24)8-11-19(18)22-23/h2-7,9-10H,8,11-12H2,1H3. The lowest BCUT2D eigenvalue weighted by Gasteiger charge is -2.12. The number of ketones is 1. The molecular weight excluding hydrogens is 336 g/mol. The molecule has 1 aliphatic carbocycles. The third kappa shape index (κ3) is 2.94. The topological polar surface area (TPSA) is 44.1 Å². The lowest BCUT2D eigenvalue weighted by molar-refractivity contribution is -0.118. The SMILES string of the molecule is COc1ccc(-n2nc3c(c2-c2ccc(Cl)cc2)CC(=O)CC3)cc1. The van der Waals surface area contributed by atoms with Crippen molar-refractivity contribution in [3.05, 3.63) is 64.8 Å². The van der Waals surface area contributed by atoms with Crippen LogP contribution in [0.1, 0.15) is 17.7 Å². The van der Waals surface area contributed by atoms with E-state index in [-0.39, 0.29) is 5.78 Å². The number of aromatic nitrogens is 2. The summed E-state index contributed by atoms with van der Waals surface area (Å²) >= 11 is 6.04. The number of nitrogens with zero attached hydrogens (tertiary/aromatic N) is 2. The van der Waals surface area contributed by atoms with Crippen molar-refractivity contribution in [3.63, 3.8) is 0 Å². The largest absolute Gasteiger partial charge is 0.497 e. The lowest BCUT2D eigenvalue weighted by atomic mass is 9.92. The fourth-order valence-electron chi connectivity index (χ4n) is 3.24. The first-order valence-corrected chi connectivity index (χ1v) is 8.56. The number of fused-ring (bicyclic) bond motifs is 1. The molecule has 0 aliphatic heterocycles. The summed E-state index contributed by atoms with van der Waals surface area (Å²) in [6, 6.07) is 15.4. The molecule has 0 N–H and O–H groups in total. The summed E-state index contributed by atoms with van der Waals surface area (Å²) in [6.45, 7) is 0. The predicted octanol–water partition coefficient (Wildman–Crippen LogP) is 4.26. The van der Waals surface area contributed by atoms with Gasteiger partial charge in [-0.25, -0.2) is 4.68 Å². The molecule has 0 radical (unpaired) electrons. The Kier molecular flexibility index (Phi) is 4.06. The maximum atomic E-state index is 12.0. The molecular formula is C20H17ClN2O2. The van der Waals surface area contributed by atoms with Crippen molar-refractivity contribution < 1.29 is 9.53 Å². The zero-order chi connectivity index (χ0) is 17.4. The smallest absolute Gasteiger partial charge is 0.137 e. The van der Waals surface area contributed by atoms with Gasteiger partial charge in [0.15, 0.2) is 0 Å². The molecule has 0 saturated carbocycles. The van der Waals surface area contributed by atoms with Gasteiger partial charge in [-0.3, -0.25) is 4.79 Å². The third-order valence-corrected chi connectivity index (χ3v) is 4.77. The Balaban J connectivity index is 1.90. The number of Topliss-reactive ketones (excluding diaryl/α,β-unsaturated/α-hetero) is 1. The average Bonchev–Trinajstić information content (AvgIpc) is 3.01. The number of benzene rings is 2. The minimum absolute atomic E-state index is 0.261. The Labute approximate surface area is 151 Å². The van der Waals surface area contributed by atoms with Crippen LogP contribution in [0.4, 0.5) is 0 Å². The predicted molar refractivity (Wildman–Crippen MR) is 97.6 cm³/mol. The molecule has 5 heteroatoms. The van der Waals surface area contributed by atoms with E-state index in [0.717, 1.165) is 34.0 Å². The number of aryl methyl sites for hydroxylation is 1. The number of carbonyl (C=O) groups excluding carboxylic acids is 1. The first-order valence-electron chi connectivity index (χ1n) is 8.18. The molecule has 1 aromatic heterocycles. The summed E-state index contributed by atoms with van der Waals surface area (Å²) in [5.74, 6) is 1.06. The molecule has 0 amide bonds. The molecule has 1 heterocycles. The van der Waals surface area contributed by atoms with E-state index >= 15 is 0 Å². The second-order valence-electron chi connectivity index (χ2n) is 6.11. The van der Waals surface area contributed by atoms with Crippen molar-refractivity contribution in [2.75, 3.05) is 7.11 Å². The lowest BCUT2D eigenvalue weighted by Crippen LogP contribution is -2.12. The molecule has 126 valence electrons. The van der Waals surface area contributed by atoms with Crippen LogP contribution in [0.2, 0.25) is 5.02 Å². The second kappa shape index (κ2) is 6.37. The van der Waals surface area contributed by atoms with E-state index in [9.17, 15) is 4.79 Å². The molecule has 0 saturated heterocycles. The van der Waals surface area contributed by atoms with Crippen LogP contribution in [0.25, 0.3) is 16.9 Å². The Morgan fingerprint density at radius 2 is 1.76 bits per heavy atom. The van der Waals surface area contributed by atoms with Crippen molar-refractivity contribution >= 4 is 17.4 Å². The maximum Gasteiger partial charge on any atom is 0.137 e. The maximum absolute atomic E-state index is 12.0. The first-order chi connectivity index (χ1) is 12.2. The number of hydrogen-bond acceptors (Lipinski definition) is 3. The highest BCUT2D eigenvalue weighted by atomic mass is 35.5. The van der Waals surface area contributed by atoms with Crippen LogP contribution >= 0.6 is 11.6 Å². The van der Waals surface area contributed by atoms with Crippen molar-refractivity contribution in [1.82, 2.24) is 9.78 Å². The normalized spacial score (nSPS) is 13.6. The average molecular weight is 353 g/mol. The van der Waals surface area contributed by atoms with Crippen molar-refractivity contribution in [1.29, 1.82) is 0 Å². The quantitative estimate of drug-likeness (QED) is 0.707. The molecule has 4 nitrogen and oxygen atoms in total. The van der Waals surface area contributed by atoms with Crippen molar-refractivity contribution in [3.8, 4) is 22.7 Å². The van der Waals surface area contributed by atoms with E-state index in [2.05, 4.69) is 0 Å². The summed E-state index contributed by atoms with van der Waals surface area (Å²) in [7, 11) is 1.65. The van der Waals surface area contributed by atoms with Crippen LogP contribution in [-0.4, -0.2) is 22.7 Å². The van der Waals surface area contributed by atoms with Crippen molar-refractivity contribution in [2.45, 2.75) is 19.3 Å². The van der Waals surface area contributed by atoms with E-state index in [4.69, 9.17) is 21.4 Å². The summed E-state index contributed by atoms with van der Waals surface area (Å²) in [5, 5.41) is 5.48. The summed E-state index contributed by atoms with van der Waals surface area (Å²) in [6.07, 6.45) is 1.69. The van der Waals surface area contributed by atoms with E-state index in [1.165, 1.54) is 0 Å². The highest BCUT2D eigenvalue weighted by Crippen LogP contribution is 2.33. The molecule has 0 unspecified atom stereocenters. The summed E-state index contributed by atoms with van der Waals surface area (Å²) in [4.78, 5) is 12.0. The molecule has 25 heavy (non-hydrogen) atoms. The van der Waals surface area contributed by atoms with E-state index in [1.54, 1.807) is 7.11 Å². The van der Waals surface area contributed by atoms with Gasteiger partial charge >= 0.3 is 0 Å². The Morgan fingerprint density at radius 1 is 1.04 bits per heavy atom. The van der Waals surface area contributed by atoms with Gasteiger partial charge in [-0.15, -0.1) is 0 Å². The van der Waals surface area contributed by atoms with E-state index in [0.29, 0.717) is 24.3 Å². The van der Waals surface area contributed by atoms with Gasteiger partial charge in [0.25, 0.3) is 0 Å². The van der Waals surface area contributed by atoms with Gasteiger partial charge in [0.1, 0.15) is 11.5 Å². The van der Waals surface area contributed by atoms with Crippen LogP contribution in [0.5, 0.6) is 5.75 Å². The van der Waals surface area contributed by atoms with Gasteiger partial charge in [-0.05, 0) is 42.8 Å². The molecule has 0 fully saturated rings. The summed E-state index contributed by atoms with van der Waals surface area (Å²) in [5.41, 5.74) is 4.93. The van der Waals surface area contributed by atoms with Crippen LogP contribution in [0.15, 0.2) is 48.5 Å². The van der Waals surface area contributed by atoms with Gasteiger partial charge in [-0.1, -0.05) is 23.7 Å². The number of methoxy groups -OCH3 is 1. The van der Waals surface area contributed by atoms with Crippen LogP contribution in [-0.2, 0) is 17.6 Å². The Morgan fingerprint density at radius 3 is 2.44 bits per heavy atom. The van der Waals surface area contributed by atoms with E-state index < -0.39 is 0 Å². The molecule has 0 bridgehead atoms. The molecule has 2 aromatic carbocycles. The number of ether oxygens (including phenoxy) is 1. The van der Waals surface area contributed by atoms with Crippen LogP contribution in [0.3, 0.4) is 0 Å². The molecule has 1 aliphatic rings. The van der Waals surface area contributed by atoms with E-state index in [1.807, 2.05) is 53.2 Å². The number of carbonyl (C=O) groups is 1. The minimum Gasteiger partial charge on any atom is -0.497 e. The van der Waals surface area contributed by atoms with Gasteiger partial charge in [0.2, 0.25) is 0 Å². The number of rotatable bonds is 3. The second-order valence-corrected chi connectivity index (χ2v) is 6.54. The van der Waals surface area contributed by atoms with Gasteiger partial charge in [0, 0.05) is 29.0 Å². The highest BCUT2D eigenvalue weighted by molar-refractivity contribution is 6.30. The summed E-state index contributed by atoms with van der Waals surface area (Å²) < 4.78 is 7.16. The minimum atomic E-state index is 0.261. The van der Waals surface area contributed by atoms with Crippen LogP contribution < -0.4 is 4.74 Å². The van der Waals surface area contributed by atoms with Crippen LogP contribution in [0, 0.1) is 0 Å². The molecule has 0 spiro atoms. The van der Waals surface area contributed by atoms with Gasteiger partial charge in [0.05, 0.1) is 24.2 Å². The Bertz CT molecular complexity index is 928. The molecule has 3 aromatic rings. The third-order valence-electron chi connectivity index (χ3n) is 4.52. The van der Waals surface area contributed by atoms with Crippen molar-refractivity contribution in [2.24, 2.45) is 0 Å². The van der Waals surface area contributed by atoms with Gasteiger partial charge in [-0.2, -0.15) is 5.10 Å². The number of halogens is 1. The van der Waals surface area contributed by atoms with Gasteiger partial charge < -0.3 is 4.74 Å². The monoisotopic (exact) mass is 352 g/mol. The zero-order valence-corrected chi connectivity index (χ0v) is 14.6. The molecule has 4 rings (SSSR count). The number of hydrogen-bond donors (Lipinski definition) is 0. The highest BCUT2D eigenvalue weighted by Gasteiger charge is 2.26. The fraction of sp³-hybridized carbons (Fsp3) is 0.200. The molecule has 0 atom stereocenters.